The number of nitrogens with one attached hydrogen (secondary N) is 1. The minimum Gasteiger partial charge on any atom is -0.310 e. The number of hydrogen-bond donors (Lipinski definition) is 1. The van der Waals surface area contributed by atoms with Gasteiger partial charge in [-0.25, -0.2) is 0 Å². The highest BCUT2D eigenvalue weighted by Crippen LogP contribution is 2.42. The van der Waals surface area contributed by atoms with Gasteiger partial charge in [-0.1, -0.05) is 63.1 Å². The Kier molecular flexibility index (Phi) is 4.30. The topological polar surface area (TPSA) is 12.0 Å². The fraction of sp³-hybridized carbons (Fsp3) is 0.500. The molecule has 1 N–H and O–H groups in total. The molecule has 0 aromatic heterocycles. The van der Waals surface area contributed by atoms with E-state index in [1.54, 1.807) is 0 Å². The molecule has 0 spiro atoms. The highest BCUT2D eigenvalue weighted by molar-refractivity contribution is 5.87. The molecule has 1 aliphatic rings. The summed E-state index contributed by atoms with van der Waals surface area (Å²) in [4.78, 5) is 0. The van der Waals surface area contributed by atoms with Gasteiger partial charge in [0.1, 0.15) is 0 Å². The highest BCUT2D eigenvalue weighted by Gasteiger charge is 2.32. The Balaban J connectivity index is 2.12. The summed E-state index contributed by atoms with van der Waals surface area (Å²) in [7, 11) is 0. The molecular weight excluding hydrogens is 254 g/mol. The van der Waals surface area contributed by atoms with Gasteiger partial charge in [-0.15, -0.1) is 0 Å². The number of benzene rings is 2. The molecule has 1 fully saturated rings. The van der Waals surface area contributed by atoms with E-state index in [1.807, 2.05) is 0 Å². The van der Waals surface area contributed by atoms with Gasteiger partial charge < -0.3 is 5.32 Å². The zero-order chi connectivity index (χ0) is 14.8. The van der Waals surface area contributed by atoms with E-state index in [9.17, 15) is 0 Å². The van der Waals surface area contributed by atoms with Crippen molar-refractivity contribution in [2.45, 2.75) is 46.1 Å². The van der Waals surface area contributed by atoms with E-state index >= 15 is 0 Å². The van der Waals surface area contributed by atoms with Crippen LogP contribution in [-0.4, -0.2) is 6.54 Å². The molecule has 3 atom stereocenters. The van der Waals surface area contributed by atoms with Gasteiger partial charge in [-0.05, 0) is 53.6 Å². The molecule has 1 saturated carbocycles. The first kappa shape index (κ1) is 14.6. The maximum atomic E-state index is 3.80. The maximum absolute atomic E-state index is 3.80. The summed E-state index contributed by atoms with van der Waals surface area (Å²) in [6, 6.07) is 13.9. The van der Waals surface area contributed by atoms with Crippen LogP contribution in [0.4, 0.5) is 0 Å². The molecule has 3 rings (SSSR count). The summed E-state index contributed by atoms with van der Waals surface area (Å²) in [5, 5.41) is 6.60. The Labute approximate surface area is 128 Å². The van der Waals surface area contributed by atoms with Crippen LogP contribution in [-0.2, 0) is 0 Å². The molecule has 0 radical (unpaired) electrons. The molecule has 0 bridgehead atoms. The first-order valence-corrected chi connectivity index (χ1v) is 8.44. The lowest BCUT2D eigenvalue weighted by Gasteiger charge is -2.30. The lowest BCUT2D eigenvalue weighted by Crippen LogP contribution is -2.30. The number of rotatable bonds is 4. The second kappa shape index (κ2) is 6.19. The molecule has 112 valence electrons. The van der Waals surface area contributed by atoms with Gasteiger partial charge in [0.2, 0.25) is 0 Å². The SMILES string of the molecule is CCNC(c1c(C)ccc2ccccc12)C1CCCC1C. The zero-order valence-corrected chi connectivity index (χ0v) is 13.5. The van der Waals surface area contributed by atoms with Crippen molar-refractivity contribution in [1.82, 2.24) is 5.32 Å². The smallest absolute Gasteiger partial charge is 0.0359 e. The van der Waals surface area contributed by atoms with Crippen LogP contribution in [0.5, 0.6) is 0 Å². The normalized spacial score (nSPS) is 23.6. The fourth-order valence-corrected chi connectivity index (χ4v) is 4.17. The summed E-state index contributed by atoms with van der Waals surface area (Å²) in [5.41, 5.74) is 2.97. The first-order chi connectivity index (χ1) is 10.2. The molecule has 2 aromatic carbocycles. The minimum absolute atomic E-state index is 0.499. The van der Waals surface area contributed by atoms with E-state index in [0.29, 0.717) is 6.04 Å². The first-order valence-electron chi connectivity index (χ1n) is 8.44. The summed E-state index contributed by atoms with van der Waals surface area (Å²) in [6.45, 7) is 7.97. The fourth-order valence-electron chi connectivity index (χ4n) is 4.17. The lowest BCUT2D eigenvalue weighted by molar-refractivity contribution is 0.306. The number of hydrogen-bond acceptors (Lipinski definition) is 1. The van der Waals surface area contributed by atoms with Crippen molar-refractivity contribution in [1.29, 1.82) is 0 Å². The quantitative estimate of drug-likeness (QED) is 0.808. The van der Waals surface area contributed by atoms with Crippen molar-refractivity contribution in [3.8, 4) is 0 Å². The van der Waals surface area contributed by atoms with E-state index in [4.69, 9.17) is 0 Å². The number of aryl methyl sites for hydroxylation is 1. The Morgan fingerprint density at radius 3 is 2.67 bits per heavy atom. The second-order valence-corrected chi connectivity index (χ2v) is 6.62. The van der Waals surface area contributed by atoms with E-state index in [1.165, 1.54) is 41.2 Å². The van der Waals surface area contributed by atoms with Crippen molar-refractivity contribution >= 4 is 10.8 Å². The zero-order valence-electron chi connectivity index (χ0n) is 13.5. The molecule has 0 heterocycles. The monoisotopic (exact) mass is 281 g/mol. The Morgan fingerprint density at radius 1 is 1.14 bits per heavy atom. The van der Waals surface area contributed by atoms with Gasteiger partial charge in [-0.2, -0.15) is 0 Å². The average Bonchev–Trinajstić information content (AvgIpc) is 2.91. The van der Waals surface area contributed by atoms with Crippen LogP contribution < -0.4 is 5.32 Å². The highest BCUT2D eigenvalue weighted by atomic mass is 14.9. The van der Waals surface area contributed by atoms with Gasteiger partial charge >= 0.3 is 0 Å². The standard InChI is InChI=1S/C20H27N/c1-4-21-20(17-11-7-8-14(17)2)19-15(3)12-13-16-9-5-6-10-18(16)19/h5-6,9-10,12-14,17,20-21H,4,7-8,11H2,1-3H3. The van der Waals surface area contributed by atoms with E-state index in [0.717, 1.165) is 18.4 Å². The minimum atomic E-state index is 0.499. The summed E-state index contributed by atoms with van der Waals surface area (Å²) in [6.07, 6.45) is 4.13. The van der Waals surface area contributed by atoms with Gasteiger partial charge in [0.05, 0.1) is 0 Å². The lowest BCUT2D eigenvalue weighted by atomic mass is 9.82. The molecule has 21 heavy (non-hydrogen) atoms. The van der Waals surface area contributed by atoms with Crippen LogP contribution in [0.1, 0.15) is 50.3 Å². The summed E-state index contributed by atoms with van der Waals surface area (Å²) >= 11 is 0. The van der Waals surface area contributed by atoms with Crippen molar-refractivity contribution in [2.75, 3.05) is 6.54 Å². The van der Waals surface area contributed by atoms with Gasteiger partial charge in [-0.3, -0.25) is 0 Å². The molecule has 2 aromatic rings. The average molecular weight is 281 g/mol. The van der Waals surface area contributed by atoms with Crippen molar-refractivity contribution in [2.24, 2.45) is 11.8 Å². The second-order valence-electron chi connectivity index (χ2n) is 6.62. The molecule has 0 amide bonds. The van der Waals surface area contributed by atoms with E-state index < -0.39 is 0 Å². The van der Waals surface area contributed by atoms with Crippen molar-refractivity contribution in [3.05, 3.63) is 47.5 Å². The Bertz CT molecular complexity index is 616. The molecule has 3 unspecified atom stereocenters. The largest absolute Gasteiger partial charge is 0.310 e. The molecule has 0 saturated heterocycles. The van der Waals surface area contributed by atoms with Crippen LogP contribution >= 0.6 is 0 Å². The molecule has 0 aliphatic heterocycles. The van der Waals surface area contributed by atoms with Crippen LogP contribution in [0.15, 0.2) is 36.4 Å². The maximum Gasteiger partial charge on any atom is 0.0359 e. The van der Waals surface area contributed by atoms with Crippen LogP contribution in [0.25, 0.3) is 10.8 Å². The van der Waals surface area contributed by atoms with Gasteiger partial charge in [0, 0.05) is 6.04 Å². The molecule has 1 nitrogen and oxygen atoms in total. The third kappa shape index (κ3) is 2.72. The van der Waals surface area contributed by atoms with Gasteiger partial charge in [0.25, 0.3) is 0 Å². The Hall–Kier alpha value is -1.34. The summed E-state index contributed by atoms with van der Waals surface area (Å²) < 4.78 is 0. The number of fused-ring (bicyclic) bond motifs is 1. The predicted octanol–water partition coefficient (Wildman–Crippen LogP) is 5.24. The molecule has 1 aliphatic carbocycles. The molecule has 1 heteroatoms. The van der Waals surface area contributed by atoms with Crippen LogP contribution in [0, 0.1) is 18.8 Å². The Morgan fingerprint density at radius 2 is 1.95 bits per heavy atom. The van der Waals surface area contributed by atoms with Crippen molar-refractivity contribution < 1.29 is 0 Å². The molecular formula is C20H27N. The van der Waals surface area contributed by atoms with Crippen LogP contribution in [0.3, 0.4) is 0 Å². The third-order valence-corrected chi connectivity index (χ3v) is 5.28. The third-order valence-electron chi connectivity index (χ3n) is 5.28. The van der Waals surface area contributed by atoms with Crippen LogP contribution in [0.2, 0.25) is 0 Å². The van der Waals surface area contributed by atoms with Gasteiger partial charge in [0.15, 0.2) is 0 Å². The van der Waals surface area contributed by atoms with E-state index in [-0.39, 0.29) is 0 Å². The van der Waals surface area contributed by atoms with Crippen molar-refractivity contribution in [3.63, 3.8) is 0 Å². The van der Waals surface area contributed by atoms with E-state index in [2.05, 4.69) is 62.5 Å². The summed E-state index contributed by atoms with van der Waals surface area (Å²) in [5.74, 6) is 1.60. The predicted molar refractivity (Wildman–Crippen MR) is 91.6 cm³/mol.